The first-order valence-corrected chi connectivity index (χ1v) is 10.4. The number of aliphatic hydroxyl groups is 1. The van der Waals surface area contributed by atoms with Gasteiger partial charge in [0.2, 0.25) is 5.91 Å². The van der Waals surface area contributed by atoms with E-state index >= 15 is 0 Å². The van der Waals surface area contributed by atoms with Gasteiger partial charge in [-0.1, -0.05) is 77.8 Å². The third-order valence-corrected chi connectivity index (χ3v) is 5.87. The Morgan fingerprint density at radius 1 is 0.900 bits per heavy atom. The summed E-state index contributed by atoms with van der Waals surface area (Å²) in [6, 6.07) is 23.4. The van der Waals surface area contributed by atoms with Crippen molar-refractivity contribution in [3.8, 4) is 0 Å². The summed E-state index contributed by atoms with van der Waals surface area (Å²) in [4.78, 5) is 14.8. The molecule has 1 aliphatic heterocycles. The van der Waals surface area contributed by atoms with Gasteiger partial charge in [-0.05, 0) is 41.0 Å². The van der Waals surface area contributed by atoms with E-state index in [1.165, 1.54) is 0 Å². The van der Waals surface area contributed by atoms with Gasteiger partial charge in [-0.25, -0.2) is 0 Å². The number of rotatable bonds is 5. The van der Waals surface area contributed by atoms with Crippen LogP contribution in [0.4, 0.5) is 0 Å². The van der Waals surface area contributed by atoms with Gasteiger partial charge in [-0.2, -0.15) is 0 Å². The summed E-state index contributed by atoms with van der Waals surface area (Å²) in [6.07, 6.45) is -0.418. The first kappa shape index (κ1) is 20.9. The average molecular weight is 442 g/mol. The molecule has 30 heavy (non-hydrogen) atoms. The minimum atomic E-state index is -0.502. The minimum absolute atomic E-state index is 0.0687. The Kier molecular flexibility index (Phi) is 6.40. The van der Waals surface area contributed by atoms with E-state index in [0.717, 1.165) is 16.7 Å². The van der Waals surface area contributed by atoms with Crippen LogP contribution in [0, 0.1) is 0 Å². The normalized spacial score (nSPS) is 20.2. The maximum Gasteiger partial charge on any atom is 0.249 e. The molecule has 0 radical (unpaired) electrons. The van der Waals surface area contributed by atoms with Crippen molar-refractivity contribution in [3.05, 3.63) is 106 Å². The van der Waals surface area contributed by atoms with Crippen molar-refractivity contribution in [2.75, 3.05) is 13.2 Å². The highest BCUT2D eigenvalue weighted by atomic mass is 35.5. The van der Waals surface area contributed by atoms with Gasteiger partial charge in [0, 0.05) is 10.0 Å². The van der Waals surface area contributed by atoms with Crippen LogP contribution in [0.5, 0.6) is 0 Å². The maximum absolute atomic E-state index is 13.1. The number of carbonyl (C=O) groups excluding carboxylic acids is 1. The van der Waals surface area contributed by atoms with Crippen molar-refractivity contribution in [1.29, 1.82) is 0 Å². The van der Waals surface area contributed by atoms with E-state index in [1.54, 1.807) is 29.2 Å². The van der Waals surface area contributed by atoms with Crippen molar-refractivity contribution in [2.45, 2.75) is 18.2 Å². The van der Waals surface area contributed by atoms with Gasteiger partial charge in [0.05, 0.1) is 18.7 Å². The molecule has 154 valence electrons. The Balaban J connectivity index is 1.83. The summed E-state index contributed by atoms with van der Waals surface area (Å²) in [6.45, 7) is -0.270. The number of hydrogen-bond acceptors (Lipinski definition) is 3. The van der Waals surface area contributed by atoms with E-state index in [9.17, 15) is 9.90 Å². The van der Waals surface area contributed by atoms with E-state index in [2.05, 4.69) is 0 Å². The number of ether oxygens (including phenoxy) is 1. The number of nitrogens with zero attached hydrogens (tertiary/aromatic N) is 1. The van der Waals surface area contributed by atoms with Crippen LogP contribution in [0.2, 0.25) is 10.0 Å². The van der Waals surface area contributed by atoms with Crippen molar-refractivity contribution < 1.29 is 14.6 Å². The summed E-state index contributed by atoms with van der Waals surface area (Å²) in [5, 5.41) is 11.5. The number of benzene rings is 3. The molecule has 1 fully saturated rings. The molecule has 4 nitrogen and oxygen atoms in total. The van der Waals surface area contributed by atoms with Gasteiger partial charge in [0.1, 0.15) is 12.7 Å². The van der Waals surface area contributed by atoms with Crippen molar-refractivity contribution in [3.63, 3.8) is 0 Å². The lowest BCUT2D eigenvalue weighted by Gasteiger charge is -2.45. The molecule has 0 saturated carbocycles. The molecule has 1 N–H and O–H groups in total. The van der Waals surface area contributed by atoms with Crippen LogP contribution < -0.4 is 0 Å². The van der Waals surface area contributed by atoms with Crippen LogP contribution in [-0.2, 0) is 9.53 Å². The number of carbonyl (C=O) groups is 1. The lowest BCUT2D eigenvalue weighted by Crippen LogP contribution is -2.48. The van der Waals surface area contributed by atoms with Gasteiger partial charge in [-0.3, -0.25) is 4.79 Å². The summed E-state index contributed by atoms with van der Waals surface area (Å²) < 4.78 is 6.03. The highest BCUT2D eigenvalue weighted by molar-refractivity contribution is 6.30. The fourth-order valence-electron chi connectivity index (χ4n) is 3.95. The van der Waals surface area contributed by atoms with Crippen LogP contribution in [0.1, 0.15) is 34.9 Å². The summed E-state index contributed by atoms with van der Waals surface area (Å²) in [7, 11) is 0. The predicted octanol–water partition coefficient (Wildman–Crippen LogP) is 5.37. The van der Waals surface area contributed by atoms with Gasteiger partial charge >= 0.3 is 0 Å². The fraction of sp³-hybridized carbons (Fsp3) is 0.208. The zero-order valence-electron chi connectivity index (χ0n) is 16.1. The van der Waals surface area contributed by atoms with Gasteiger partial charge in [-0.15, -0.1) is 0 Å². The molecule has 0 aliphatic carbocycles. The molecular weight excluding hydrogens is 421 g/mol. The summed E-state index contributed by atoms with van der Waals surface area (Å²) in [5.41, 5.74) is 2.65. The Bertz CT molecular complexity index is 993. The van der Waals surface area contributed by atoms with Crippen LogP contribution >= 0.6 is 23.2 Å². The van der Waals surface area contributed by atoms with E-state index in [0.29, 0.717) is 10.0 Å². The van der Waals surface area contributed by atoms with Crippen molar-refractivity contribution in [2.24, 2.45) is 0 Å². The van der Waals surface area contributed by atoms with Crippen LogP contribution in [-0.4, -0.2) is 29.1 Å². The maximum atomic E-state index is 13.1. The van der Waals surface area contributed by atoms with Gasteiger partial charge < -0.3 is 14.7 Å². The second-order valence-corrected chi connectivity index (χ2v) is 8.06. The Labute approximate surface area is 185 Å². The fourth-order valence-corrected chi connectivity index (χ4v) is 4.20. The minimum Gasteiger partial charge on any atom is -0.394 e. The molecular formula is C24H21Cl2NO3. The molecule has 0 bridgehead atoms. The third kappa shape index (κ3) is 4.23. The molecule has 6 heteroatoms. The third-order valence-electron chi connectivity index (χ3n) is 5.36. The number of hydrogen-bond donors (Lipinski definition) is 1. The standard InChI is InChI=1S/C24H21Cl2NO3/c25-19-10-6-17(7-11-19)23-24(18-8-12-20(26)13-9-18)30-15-22(29)27(23)21(14-28)16-4-2-1-3-5-16/h1-13,21,23-24,28H,14-15H2/t21-,23+,24-/m0/s1. The molecule has 3 aromatic carbocycles. The second-order valence-electron chi connectivity index (χ2n) is 7.19. The molecule has 4 rings (SSSR count). The quantitative estimate of drug-likeness (QED) is 0.578. The molecule has 3 aromatic rings. The lowest BCUT2D eigenvalue weighted by molar-refractivity contribution is -0.165. The Morgan fingerprint density at radius 3 is 2.03 bits per heavy atom. The molecule has 0 aromatic heterocycles. The van der Waals surface area contributed by atoms with Crippen molar-refractivity contribution >= 4 is 29.1 Å². The van der Waals surface area contributed by atoms with Gasteiger partial charge in [0.15, 0.2) is 0 Å². The molecule has 3 atom stereocenters. The number of aliphatic hydroxyl groups excluding tert-OH is 1. The first-order valence-electron chi connectivity index (χ1n) is 9.68. The van der Waals surface area contributed by atoms with E-state index < -0.39 is 18.2 Å². The first-order chi connectivity index (χ1) is 14.6. The van der Waals surface area contributed by atoms with Crippen molar-refractivity contribution in [1.82, 2.24) is 4.90 Å². The zero-order valence-corrected chi connectivity index (χ0v) is 17.6. The van der Waals surface area contributed by atoms with Crippen LogP contribution in [0.25, 0.3) is 0 Å². The van der Waals surface area contributed by atoms with Crippen LogP contribution in [0.15, 0.2) is 78.9 Å². The largest absolute Gasteiger partial charge is 0.394 e. The zero-order chi connectivity index (χ0) is 21.1. The molecule has 1 heterocycles. The van der Waals surface area contributed by atoms with E-state index in [-0.39, 0.29) is 19.1 Å². The Hall–Kier alpha value is -2.37. The number of halogens is 2. The SMILES string of the molecule is O=C1CO[C@@H](c2ccc(Cl)cc2)[C@@H](c2ccc(Cl)cc2)N1[C@@H](CO)c1ccccc1. The highest BCUT2D eigenvalue weighted by Gasteiger charge is 2.42. The molecule has 1 aliphatic rings. The van der Waals surface area contributed by atoms with Crippen LogP contribution in [0.3, 0.4) is 0 Å². The molecule has 1 amide bonds. The van der Waals surface area contributed by atoms with E-state index in [1.807, 2.05) is 54.6 Å². The van der Waals surface area contributed by atoms with Gasteiger partial charge in [0.25, 0.3) is 0 Å². The lowest BCUT2D eigenvalue weighted by atomic mass is 9.90. The Morgan fingerprint density at radius 2 is 1.47 bits per heavy atom. The smallest absolute Gasteiger partial charge is 0.249 e. The monoisotopic (exact) mass is 441 g/mol. The average Bonchev–Trinajstić information content (AvgIpc) is 2.77. The highest BCUT2D eigenvalue weighted by Crippen LogP contribution is 2.44. The number of morpholine rings is 1. The number of amides is 1. The molecule has 0 unspecified atom stereocenters. The summed E-state index contributed by atoms with van der Waals surface area (Å²) >= 11 is 12.2. The summed E-state index contributed by atoms with van der Waals surface area (Å²) in [5.74, 6) is -0.178. The molecule has 1 saturated heterocycles. The van der Waals surface area contributed by atoms with E-state index in [4.69, 9.17) is 27.9 Å². The second kappa shape index (κ2) is 9.19. The molecule has 0 spiro atoms. The predicted molar refractivity (Wildman–Crippen MR) is 117 cm³/mol. The topological polar surface area (TPSA) is 49.8 Å².